The van der Waals surface area contributed by atoms with E-state index < -0.39 is 16.6 Å². The van der Waals surface area contributed by atoms with Crippen molar-refractivity contribution in [2.24, 2.45) is 0 Å². The molecule has 0 spiro atoms. The van der Waals surface area contributed by atoms with Gasteiger partial charge in [-0.2, -0.15) is 13.8 Å². The molecule has 0 aliphatic carbocycles. The lowest BCUT2D eigenvalue weighted by molar-refractivity contribution is -0.0498. The lowest BCUT2D eigenvalue weighted by Crippen LogP contribution is -2.43. The molecule has 10 nitrogen and oxygen atoms in total. The van der Waals surface area contributed by atoms with E-state index in [2.05, 4.69) is 42.4 Å². The number of ether oxygens (including phenoxy) is 1. The molecule has 206 valence electrons. The Morgan fingerprint density at radius 3 is 2.56 bits per heavy atom. The van der Waals surface area contributed by atoms with Crippen LogP contribution in [0.4, 0.5) is 31.8 Å². The molecule has 0 amide bonds. The van der Waals surface area contributed by atoms with Crippen LogP contribution in [0.25, 0.3) is 11.0 Å². The first-order valence-corrected chi connectivity index (χ1v) is 14.2. The molecule has 13 heteroatoms. The van der Waals surface area contributed by atoms with Gasteiger partial charge in [-0.3, -0.25) is 4.31 Å². The van der Waals surface area contributed by atoms with Crippen LogP contribution in [-0.4, -0.2) is 69.0 Å². The zero-order valence-electron chi connectivity index (χ0n) is 21.5. The van der Waals surface area contributed by atoms with Crippen molar-refractivity contribution in [3.8, 4) is 5.75 Å². The van der Waals surface area contributed by atoms with Crippen molar-refractivity contribution in [3.05, 3.63) is 66.5 Å². The topological polar surface area (TPSA) is 105 Å². The summed E-state index contributed by atoms with van der Waals surface area (Å²) in [6.45, 7) is 1.00. The predicted octanol–water partition coefficient (Wildman–Crippen LogP) is 3.63. The van der Waals surface area contributed by atoms with E-state index in [-0.39, 0.29) is 12.3 Å². The van der Waals surface area contributed by atoms with Crippen LogP contribution in [-0.2, 0) is 16.6 Å². The molecule has 1 saturated heterocycles. The van der Waals surface area contributed by atoms with E-state index in [4.69, 9.17) is 0 Å². The van der Waals surface area contributed by atoms with Crippen LogP contribution in [0.2, 0.25) is 0 Å². The van der Waals surface area contributed by atoms with Gasteiger partial charge in [-0.15, -0.1) is 0 Å². The summed E-state index contributed by atoms with van der Waals surface area (Å²) >= 11 is 0. The number of rotatable bonds is 9. The fourth-order valence-corrected chi connectivity index (χ4v) is 5.04. The molecule has 3 heterocycles. The SMILES string of the molecule is CN(c1ccc(OC(F)F)cc1Cn1ccc2cnc(Nc3ccc(N4CCNCC4)cc3)nc21)S(C)(=O)=O. The van der Waals surface area contributed by atoms with Gasteiger partial charge in [-0.1, -0.05) is 0 Å². The minimum Gasteiger partial charge on any atom is -0.435 e. The number of sulfonamides is 1. The van der Waals surface area contributed by atoms with Gasteiger partial charge in [0.15, 0.2) is 0 Å². The number of nitrogens with zero attached hydrogens (tertiary/aromatic N) is 5. The summed E-state index contributed by atoms with van der Waals surface area (Å²) < 4.78 is 57.6. The standard InChI is InChI=1S/C26H29F2N7O3S/c1-33(39(2,36)37)23-8-7-22(38-25(27)28)15-19(23)17-35-12-9-18-16-30-26(32-24(18)35)31-20-3-5-21(6-4-20)34-13-10-29-11-14-34/h3-9,12,15-16,25,29H,10-11,13-14,17H2,1-2H3,(H,30,31,32). The van der Waals surface area contributed by atoms with Gasteiger partial charge in [-0.05, 0) is 54.1 Å². The molecule has 5 rings (SSSR count). The van der Waals surface area contributed by atoms with Crippen LogP contribution >= 0.6 is 0 Å². The average Bonchev–Trinajstić information content (AvgIpc) is 3.30. The summed E-state index contributed by atoms with van der Waals surface area (Å²) in [5.41, 5.74) is 3.40. The maximum Gasteiger partial charge on any atom is 0.387 e. The van der Waals surface area contributed by atoms with Crippen molar-refractivity contribution in [1.29, 1.82) is 0 Å². The Balaban J connectivity index is 1.41. The number of fused-ring (bicyclic) bond motifs is 1. The predicted molar refractivity (Wildman–Crippen MR) is 148 cm³/mol. The maximum atomic E-state index is 12.9. The Kier molecular flexibility index (Phi) is 7.53. The Morgan fingerprint density at radius 1 is 1.13 bits per heavy atom. The third-order valence-electron chi connectivity index (χ3n) is 6.56. The van der Waals surface area contributed by atoms with Gasteiger partial charge in [0.1, 0.15) is 11.4 Å². The van der Waals surface area contributed by atoms with E-state index in [0.717, 1.165) is 53.5 Å². The molecule has 4 aromatic rings. The van der Waals surface area contributed by atoms with E-state index >= 15 is 0 Å². The van der Waals surface area contributed by atoms with Crippen molar-refractivity contribution in [2.45, 2.75) is 13.2 Å². The summed E-state index contributed by atoms with van der Waals surface area (Å²) in [6.07, 6.45) is 4.55. The summed E-state index contributed by atoms with van der Waals surface area (Å²) in [4.78, 5) is 11.4. The second-order valence-electron chi connectivity index (χ2n) is 9.22. The number of nitrogens with one attached hydrogen (secondary N) is 2. The van der Waals surface area contributed by atoms with Gasteiger partial charge < -0.3 is 24.8 Å². The molecule has 1 aliphatic heterocycles. The van der Waals surface area contributed by atoms with Crippen molar-refractivity contribution in [1.82, 2.24) is 19.9 Å². The zero-order chi connectivity index (χ0) is 27.6. The molecule has 2 aromatic carbocycles. The fraction of sp³-hybridized carbons (Fsp3) is 0.308. The summed E-state index contributed by atoms with van der Waals surface area (Å²) in [5, 5.41) is 7.35. The summed E-state index contributed by atoms with van der Waals surface area (Å²) in [6, 6.07) is 14.1. The highest BCUT2D eigenvalue weighted by molar-refractivity contribution is 7.92. The van der Waals surface area contributed by atoms with Gasteiger partial charge >= 0.3 is 6.61 Å². The normalized spacial score (nSPS) is 14.1. The quantitative estimate of drug-likeness (QED) is 0.322. The van der Waals surface area contributed by atoms with Gasteiger partial charge in [0.25, 0.3) is 0 Å². The third-order valence-corrected chi connectivity index (χ3v) is 7.75. The van der Waals surface area contributed by atoms with E-state index in [1.54, 1.807) is 17.0 Å². The summed E-state index contributed by atoms with van der Waals surface area (Å²) in [5.74, 6) is 0.323. The van der Waals surface area contributed by atoms with Crippen molar-refractivity contribution < 1.29 is 21.9 Å². The number of aromatic nitrogens is 3. The first kappa shape index (κ1) is 26.6. The molecule has 0 atom stereocenters. The van der Waals surface area contributed by atoms with E-state index in [1.807, 2.05) is 18.2 Å². The van der Waals surface area contributed by atoms with E-state index in [9.17, 15) is 17.2 Å². The average molecular weight is 558 g/mol. The number of benzene rings is 2. The minimum atomic E-state index is -3.59. The first-order valence-electron chi connectivity index (χ1n) is 12.3. The lowest BCUT2D eigenvalue weighted by atomic mass is 10.1. The van der Waals surface area contributed by atoms with Gasteiger partial charge in [0, 0.05) is 62.4 Å². The Hall–Kier alpha value is -3.97. The monoisotopic (exact) mass is 557 g/mol. The molecular formula is C26H29F2N7O3S. The highest BCUT2D eigenvalue weighted by Crippen LogP contribution is 2.29. The molecule has 0 saturated carbocycles. The molecule has 0 unspecified atom stereocenters. The Bertz CT molecular complexity index is 1560. The van der Waals surface area contributed by atoms with E-state index in [1.165, 1.54) is 25.2 Å². The lowest BCUT2D eigenvalue weighted by Gasteiger charge is -2.29. The molecule has 39 heavy (non-hydrogen) atoms. The Labute approximate surface area is 225 Å². The number of hydrogen-bond acceptors (Lipinski definition) is 8. The molecule has 2 N–H and O–H groups in total. The van der Waals surface area contributed by atoms with Crippen LogP contribution in [0.5, 0.6) is 5.75 Å². The molecule has 1 aliphatic rings. The molecule has 1 fully saturated rings. The maximum absolute atomic E-state index is 12.9. The van der Waals surface area contributed by atoms with Crippen LogP contribution in [0, 0.1) is 0 Å². The van der Waals surface area contributed by atoms with Crippen molar-refractivity contribution in [3.63, 3.8) is 0 Å². The molecule has 0 bridgehead atoms. The van der Waals surface area contributed by atoms with Crippen molar-refractivity contribution in [2.75, 3.05) is 54.0 Å². The van der Waals surface area contributed by atoms with Gasteiger partial charge in [0.05, 0.1) is 18.5 Å². The van der Waals surface area contributed by atoms with Crippen LogP contribution in [0.15, 0.2) is 60.9 Å². The molecule has 2 aromatic heterocycles. The largest absolute Gasteiger partial charge is 0.435 e. The van der Waals surface area contributed by atoms with Crippen molar-refractivity contribution >= 4 is 44.1 Å². The molecular weight excluding hydrogens is 528 g/mol. The van der Waals surface area contributed by atoms with Crippen LogP contribution in [0.1, 0.15) is 5.56 Å². The minimum absolute atomic E-state index is 0.0663. The third kappa shape index (κ3) is 6.20. The number of halogens is 2. The highest BCUT2D eigenvalue weighted by Gasteiger charge is 2.19. The Morgan fingerprint density at radius 2 is 1.87 bits per heavy atom. The number of hydrogen-bond donors (Lipinski definition) is 2. The van der Waals surface area contributed by atoms with Crippen LogP contribution in [0.3, 0.4) is 0 Å². The zero-order valence-corrected chi connectivity index (χ0v) is 22.3. The first-order chi connectivity index (χ1) is 18.7. The van der Waals surface area contributed by atoms with Gasteiger partial charge in [-0.25, -0.2) is 13.4 Å². The van der Waals surface area contributed by atoms with Gasteiger partial charge in [0.2, 0.25) is 16.0 Å². The number of alkyl halides is 2. The second-order valence-corrected chi connectivity index (χ2v) is 11.2. The second kappa shape index (κ2) is 11.0. The molecule has 0 radical (unpaired) electrons. The highest BCUT2D eigenvalue weighted by atomic mass is 32.2. The number of piperazine rings is 1. The fourth-order valence-electron chi connectivity index (χ4n) is 4.50. The van der Waals surface area contributed by atoms with E-state index in [0.29, 0.717) is 22.8 Å². The number of anilines is 4. The van der Waals surface area contributed by atoms with Crippen LogP contribution < -0.4 is 24.6 Å². The summed E-state index contributed by atoms with van der Waals surface area (Å²) in [7, 11) is -2.18. The smallest absolute Gasteiger partial charge is 0.387 e.